The zero-order valence-electron chi connectivity index (χ0n) is 14.0. The second-order valence-electron chi connectivity index (χ2n) is 5.28. The predicted molar refractivity (Wildman–Crippen MR) is 92.3 cm³/mol. The minimum atomic E-state index is -0.247. The van der Waals surface area contributed by atoms with Gasteiger partial charge in [0.05, 0.1) is 24.9 Å². The third-order valence-electron chi connectivity index (χ3n) is 3.80. The Labute approximate surface area is 144 Å². The number of benzene rings is 1. The zero-order valence-corrected chi connectivity index (χ0v) is 14.8. The van der Waals surface area contributed by atoms with Crippen LogP contribution in [0.1, 0.15) is 17.8 Å². The molecule has 7 nitrogen and oxygen atoms in total. The SMILES string of the molecule is COc1cc(NC(=O)CCn2c(C)c(C)[nH]c2=O)c(OC)cc1Cl. The number of aryl methyl sites for hydroxylation is 1. The summed E-state index contributed by atoms with van der Waals surface area (Å²) in [5.74, 6) is 0.615. The van der Waals surface area contributed by atoms with Gasteiger partial charge in [0.1, 0.15) is 11.5 Å². The number of anilines is 1. The number of carbonyl (C=O) groups is 1. The number of imidazole rings is 1. The molecule has 24 heavy (non-hydrogen) atoms. The smallest absolute Gasteiger partial charge is 0.325 e. The van der Waals surface area contributed by atoms with Gasteiger partial charge in [-0.3, -0.25) is 9.36 Å². The number of aromatic amines is 1. The van der Waals surface area contributed by atoms with Crippen molar-refractivity contribution in [3.63, 3.8) is 0 Å². The lowest BCUT2D eigenvalue weighted by atomic mass is 10.2. The first-order chi connectivity index (χ1) is 11.4. The number of hydrogen-bond acceptors (Lipinski definition) is 4. The first-order valence-corrected chi connectivity index (χ1v) is 7.72. The van der Waals surface area contributed by atoms with Crippen molar-refractivity contribution in [2.75, 3.05) is 19.5 Å². The number of ether oxygens (including phenoxy) is 2. The van der Waals surface area contributed by atoms with Crippen LogP contribution in [-0.4, -0.2) is 29.7 Å². The van der Waals surface area contributed by atoms with Gasteiger partial charge in [-0.15, -0.1) is 0 Å². The Hall–Kier alpha value is -2.41. The van der Waals surface area contributed by atoms with Crippen molar-refractivity contribution in [1.82, 2.24) is 9.55 Å². The third kappa shape index (κ3) is 3.73. The minimum Gasteiger partial charge on any atom is -0.495 e. The number of hydrogen-bond donors (Lipinski definition) is 2. The van der Waals surface area contributed by atoms with E-state index in [0.717, 1.165) is 11.4 Å². The van der Waals surface area contributed by atoms with Gasteiger partial charge in [-0.05, 0) is 13.8 Å². The van der Waals surface area contributed by atoms with Gasteiger partial charge in [0, 0.05) is 36.5 Å². The fourth-order valence-electron chi connectivity index (χ4n) is 2.33. The maximum atomic E-state index is 12.2. The van der Waals surface area contributed by atoms with Crippen LogP contribution in [0.4, 0.5) is 5.69 Å². The summed E-state index contributed by atoms with van der Waals surface area (Å²) in [7, 11) is 2.97. The lowest BCUT2D eigenvalue weighted by molar-refractivity contribution is -0.116. The molecule has 1 heterocycles. The summed E-state index contributed by atoms with van der Waals surface area (Å²) in [6.45, 7) is 3.93. The molecule has 0 radical (unpaired) electrons. The molecule has 0 saturated heterocycles. The van der Waals surface area contributed by atoms with Gasteiger partial charge in [-0.1, -0.05) is 11.6 Å². The highest BCUT2D eigenvalue weighted by molar-refractivity contribution is 6.32. The molecule has 130 valence electrons. The number of rotatable bonds is 6. The third-order valence-corrected chi connectivity index (χ3v) is 4.09. The van der Waals surface area contributed by atoms with E-state index in [9.17, 15) is 9.59 Å². The first-order valence-electron chi connectivity index (χ1n) is 7.34. The molecule has 0 bridgehead atoms. The van der Waals surface area contributed by atoms with Crippen LogP contribution in [0.2, 0.25) is 5.02 Å². The molecule has 8 heteroatoms. The summed E-state index contributed by atoms with van der Waals surface area (Å²) in [6.07, 6.45) is 0.145. The van der Waals surface area contributed by atoms with Crippen molar-refractivity contribution >= 4 is 23.2 Å². The second-order valence-corrected chi connectivity index (χ2v) is 5.68. The van der Waals surface area contributed by atoms with E-state index in [2.05, 4.69) is 10.3 Å². The highest BCUT2D eigenvalue weighted by Crippen LogP contribution is 2.35. The number of methoxy groups -OCH3 is 2. The van der Waals surface area contributed by atoms with Crippen LogP contribution in [0, 0.1) is 13.8 Å². The van der Waals surface area contributed by atoms with E-state index in [-0.39, 0.29) is 24.6 Å². The molecule has 0 aliphatic heterocycles. The largest absolute Gasteiger partial charge is 0.495 e. The van der Waals surface area contributed by atoms with E-state index in [4.69, 9.17) is 21.1 Å². The number of nitrogens with one attached hydrogen (secondary N) is 2. The van der Waals surface area contributed by atoms with Gasteiger partial charge in [0.2, 0.25) is 5.91 Å². The summed E-state index contributed by atoms with van der Waals surface area (Å²) < 4.78 is 11.9. The maximum absolute atomic E-state index is 12.2. The van der Waals surface area contributed by atoms with E-state index in [1.807, 2.05) is 13.8 Å². The maximum Gasteiger partial charge on any atom is 0.325 e. The molecule has 0 atom stereocenters. The zero-order chi connectivity index (χ0) is 17.9. The van der Waals surface area contributed by atoms with Crippen molar-refractivity contribution in [2.45, 2.75) is 26.8 Å². The first kappa shape index (κ1) is 17.9. The van der Waals surface area contributed by atoms with Gasteiger partial charge in [-0.2, -0.15) is 0 Å². The second kappa shape index (κ2) is 7.44. The Morgan fingerprint density at radius 1 is 1.25 bits per heavy atom. The molecular weight excluding hydrogens is 334 g/mol. The topological polar surface area (TPSA) is 85.4 Å². The van der Waals surface area contributed by atoms with Crippen molar-refractivity contribution < 1.29 is 14.3 Å². The number of carbonyl (C=O) groups excluding carboxylic acids is 1. The fraction of sp³-hybridized carbons (Fsp3) is 0.375. The Balaban J connectivity index is 2.11. The van der Waals surface area contributed by atoms with Crippen LogP contribution in [0.5, 0.6) is 11.5 Å². The lowest BCUT2D eigenvalue weighted by Gasteiger charge is -2.13. The van der Waals surface area contributed by atoms with Crippen LogP contribution in [-0.2, 0) is 11.3 Å². The lowest BCUT2D eigenvalue weighted by Crippen LogP contribution is -2.22. The molecular formula is C16H20ClN3O4. The van der Waals surface area contributed by atoms with Crippen LogP contribution < -0.4 is 20.5 Å². The van der Waals surface area contributed by atoms with Crippen LogP contribution in [0.3, 0.4) is 0 Å². The number of aromatic nitrogens is 2. The number of H-pyrrole nitrogens is 1. The van der Waals surface area contributed by atoms with Crippen molar-refractivity contribution in [3.05, 3.63) is 39.0 Å². The minimum absolute atomic E-state index is 0.145. The van der Waals surface area contributed by atoms with Crippen molar-refractivity contribution in [3.8, 4) is 11.5 Å². The summed E-state index contributed by atoms with van der Waals surface area (Å²) in [6, 6.07) is 3.16. The highest BCUT2D eigenvalue weighted by atomic mass is 35.5. The van der Waals surface area contributed by atoms with Gasteiger partial charge in [0.15, 0.2) is 0 Å². The van der Waals surface area contributed by atoms with Crippen molar-refractivity contribution in [1.29, 1.82) is 0 Å². The standard InChI is InChI=1S/C16H20ClN3O4/c1-9-10(2)20(16(22)18-9)6-5-15(21)19-12-8-13(23-3)11(17)7-14(12)24-4/h7-8H,5-6H2,1-4H3,(H,18,22)(H,19,21). The normalized spacial score (nSPS) is 10.5. The van der Waals surface area contributed by atoms with E-state index >= 15 is 0 Å². The number of amides is 1. The monoisotopic (exact) mass is 353 g/mol. The Morgan fingerprint density at radius 2 is 1.92 bits per heavy atom. The summed E-state index contributed by atoms with van der Waals surface area (Å²) in [5, 5.41) is 3.14. The molecule has 0 unspecified atom stereocenters. The van der Waals surface area contributed by atoms with Crippen LogP contribution in [0.25, 0.3) is 0 Å². The van der Waals surface area contributed by atoms with Crippen LogP contribution in [0.15, 0.2) is 16.9 Å². The van der Waals surface area contributed by atoms with Gasteiger partial charge < -0.3 is 19.8 Å². The molecule has 2 rings (SSSR count). The van der Waals surface area contributed by atoms with E-state index in [1.54, 1.807) is 12.1 Å². The van der Waals surface area contributed by atoms with E-state index in [0.29, 0.717) is 22.2 Å². The molecule has 0 aliphatic carbocycles. The van der Waals surface area contributed by atoms with Gasteiger partial charge >= 0.3 is 5.69 Å². The number of nitrogens with zero attached hydrogens (tertiary/aromatic N) is 1. The predicted octanol–water partition coefficient (Wildman–Crippen LogP) is 2.49. The molecule has 2 N–H and O–H groups in total. The molecule has 1 amide bonds. The molecule has 1 aromatic heterocycles. The van der Waals surface area contributed by atoms with Gasteiger partial charge in [-0.25, -0.2) is 4.79 Å². The molecule has 2 aromatic rings. The quantitative estimate of drug-likeness (QED) is 0.835. The van der Waals surface area contributed by atoms with E-state index in [1.165, 1.54) is 18.8 Å². The number of halogens is 1. The summed E-state index contributed by atoms with van der Waals surface area (Å²) in [4.78, 5) is 26.7. The highest BCUT2D eigenvalue weighted by Gasteiger charge is 2.14. The Kier molecular flexibility index (Phi) is 5.56. The van der Waals surface area contributed by atoms with Crippen molar-refractivity contribution in [2.24, 2.45) is 0 Å². The summed E-state index contributed by atoms with van der Waals surface area (Å²) >= 11 is 6.04. The average Bonchev–Trinajstić information content (AvgIpc) is 2.79. The molecule has 0 spiro atoms. The molecule has 0 saturated carbocycles. The molecule has 0 aliphatic rings. The molecule has 0 fully saturated rings. The summed E-state index contributed by atoms with van der Waals surface area (Å²) in [5.41, 5.74) is 1.85. The van der Waals surface area contributed by atoms with E-state index < -0.39 is 0 Å². The fourth-order valence-corrected chi connectivity index (χ4v) is 2.56. The average molecular weight is 354 g/mol. The Morgan fingerprint density at radius 3 is 2.46 bits per heavy atom. The molecule has 1 aromatic carbocycles. The van der Waals surface area contributed by atoms with Gasteiger partial charge in [0.25, 0.3) is 0 Å². The van der Waals surface area contributed by atoms with Crippen LogP contribution >= 0.6 is 11.6 Å². The Bertz CT molecular complexity index is 810.